The van der Waals surface area contributed by atoms with E-state index in [0.717, 1.165) is 25.7 Å². The van der Waals surface area contributed by atoms with Gasteiger partial charge in [-0.3, -0.25) is 14.4 Å². The fraction of sp³-hybridized carbons (Fsp3) is 0.750. The standard InChI is InChI=1S/C30H48N2O5Si.C6H18NSi2.Na/c1-10-12-18-30(19-13-11-2)32(27(35)21-16-14-15-17-22(21)36-30)26(34)20(3)24-23(25(33)31-24)29(7,28(4,5)6)37-38(8)9;1-8(2,3)7-9(4,5)6;/h14-17,20,23-24,38H,10-13,18-19H2,1-9H3,(H,31,33);1-6H3;/q;-1;+1/t20-,23-,24-,29-;;/m1../s1. The monoisotopic (exact) mass is 727 g/mol. The molecule has 2 aliphatic rings. The Morgan fingerprint density at radius 3 is 1.90 bits per heavy atom. The molecule has 0 bridgehead atoms. The molecule has 1 aromatic rings. The van der Waals surface area contributed by atoms with Crippen LogP contribution < -0.4 is 39.6 Å². The first kappa shape index (κ1) is 45.2. The number of hydrogen-bond donors (Lipinski definition) is 1. The molecule has 0 unspecified atom stereocenters. The third kappa shape index (κ3) is 11.1. The Balaban J connectivity index is 0.00000101. The average Bonchev–Trinajstić information content (AvgIpc) is 2.90. The molecule has 12 heteroatoms. The van der Waals surface area contributed by atoms with Gasteiger partial charge in [0.05, 0.1) is 29.0 Å². The molecule has 0 aliphatic carbocycles. The van der Waals surface area contributed by atoms with E-state index in [1.807, 2.05) is 26.0 Å². The Hall–Kier alpha value is -0.799. The fourth-order valence-corrected chi connectivity index (χ4v) is 16.5. The van der Waals surface area contributed by atoms with Crippen LogP contribution in [0.15, 0.2) is 24.3 Å². The summed E-state index contributed by atoms with van der Waals surface area (Å²) in [6, 6.07) is 6.75. The van der Waals surface area contributed by atoms with Crippen LogP contribution in [0.5, 0.6) is 5.75 Å². The number of hydrogen-bond acceptors (Lipinski definition) is 5. The van der Waals surface area contributed by atoms with Crippen molar-refractivity contribution in [1.29, 1.82) is 0 Å². The summed E-state index contributed by atoms with van der Waals surface area (Å²) >= 11 is 0. The number of carbonyl (C=O) groups excluding carboxylic acids is 3. The number of carbonyl (C=O) groups is 3. The molecular weight excluding hydrogens is 662 g/mol. The molecule has 8 nitrogen and oxygen atoms in total. The molecule has 0 spiro atoms. The number of nitrogens with zero attached hydrogens (tertiary/aromatic N) is 2. The van der Waals surface area contributed by atoms with E-state index in [1.165, 1.54) is 4.90 Å². The van der Waals surface area contributed by atoms with E-state index in [2.05, 4.69) is 92.3 Å². The van der Waals surface area contributed by atoms with E-state index in [0.29, 0.717) is 24.2 Å². The van der Waals surface area contributed by atoms with Crippen LogP contribution in [-0.2, 0) is 14.0 Å². The summed E-state index contributed by atoms with van der Waals surface area (Å²) in [6.45, 7) is 32.3. The molecule has 48 heavy (non-hydrogen) atoms. The first-order valence-corrected chi connectivity index (χ1v) is 27.5. The maximum absolute atomic E-state index is 14.4. The predicted molar refractivity (Wildman–Crippen MR) is 202 cm³/mol. The van der Waals surface area contributed by atoms with Crippen LogP contribution in [0, 0.1) is 17.3 Å². The van der Waals surface area contributed by atoms with Crippen molar-refractivity contribution in [2.75, 3.05) is 0 Å². The normalized spacial score (nSPS) is 21.0. The van der Waals surface area contributed by atoms with E-state index >= 15 is 0 Å². The van der Waals surface area contributed by atoms with Crippen LogP contribution in [0.25, 0.3) is 4.65 Å². The SMILES string of the molecule is CCCCC1(CCCC)Oc2ccccc2C(=O)N1C(=O)[C@H](C)[C@H]1NC(=O)[C@@H]1[C@@](C)(O[SiH](C)C)C(C)(C)C.C[Si](C)(C)[N-][Si](C)(C)C.[Na+]. The molecule has 268 valence electrons. The maximum atomic E-state index is 14.4. The largest absolute Gasteiger partial charge is 1.00 e. The maximum Gasteiger partial charge on any atom is 1.00 e. The second-order valence-electron chi connectivity index (χ2n) is 17.0. The molecule has 1 N–H and O–H groups in total. The van der Waals surface area contributed by atoms with Crippen LogP contribution >= 0.6 is 0 Å². The van der Waals surface area contributed by atoms with E-state index in [4.69, 9.17) is 13.8 Å². The van der Waals surface area contributed by atoms with Gasteiger partial charge in [0, 0.05) is 12.8 Å². The predicted octanol–water partition coefficient (Wildman–Crippen LogP) is 5.71. The summed E-state index contributed by atoms with van der Waals surface area (Å²) in [4.78, 5) is 42.9. The number of imide groups is 1. The van der Waals surface area contributed by atoms with Gasteiger partial charge >= 0.3 is 29.6 Å². The average molecular weight is 728 g/mol. The number of nitrogens with one attached hydrogen (secondary N) is 1. The summed E-state index contributed by atoms with van der Waals surface area (Å²) in [5.41, 5.74) is -1.71. The molecule has 0 radical (unpaired) electrons. The molecular formula is C36H66N3NaO5Si3. The molecule has 0 aromatic heterocycles. The first-order chi connectivity index (χ1) is 21.4. The van der Waals surface area contributed by atoms with Gasteiger partial charge in [-0.2, -0.15) is 0 Å². The van der Waals surface area contributed by atoms with Crippen LogP contribution in [0.4, 0.5) is 0 Å². The zero-order chi connectivity index (χ0) is 36.2. The quantitative estimate of drug-likeness (QED) is 0.207. The summed E-state index contributed by atoms with van der Waals surface area (Å²) < 4.78 is 18.0. The number of β-lactam (4-membered cyclic amide) rings is 1. The Morgan fingerprint density at radius 1 is 1.00 bits per heavy atom. The van der Waals surface area contributed by atoms with Crippen molar-refractivity contribution in [2.45, 2.75) is 157 Å². The number of rotatable bonds is 13. The Labute approximate surface area is 318 Å². The number of amides is 3. The van der Waals surface area contributed by atoms with Gasteiger partial charge in [-0.15, -0.1) is 0 Å². The molecule has 1 saturated heterocycles. The molecule has 4 atom stereocenters. The number of para-hydroxylation sites is 1. The molecule has 2 heterocycles. The fourth-order valence-electron chi connectivity index (χ4n) is 6.93. The number of fused-ring (bicyclic) bond motifs is 1. The van der Waals surface area contributed by atoms with Crippen molar-refractivity contribution >= 4 is 43.2 Å². The van der Waals surface area contributed by atoms with E-state index in [-0.39, 0.29) is 52.7 Å². The smallest absolute Gasteiger partial charge is 0.668 e. The number of benzene rings is 1. The van der Waals surface area contributed by atoms with Crippen LogP contribution in [0.1, 0.15) is 97.3 Å². The van der Waals surface area contributed by atoms with Gasteiger partial charge in [-0.1, -0.05) is 122 Å². The Bertz CT molecular complexity index is 1220. The number of unbranched alkanes of at least 4 members (excludes halogenated alkanes) is 2. The Morgan fingerprint density at radius 2 is 1.50 bits per heavy atom. The molecule has 1 fully saturated rings. The van der Waals surface area contributed by atoms with Crippen molar-refractivity contribution in [3.8, 4) is 5.75 Å². The number of ether oxygens (including phenoxy) is 1. The molecule has 2 aliphatic heterocycles. The summed E-state index contributed by atoms with van der Waals surface area (Å²) in [5.74, 6) is -1.31. The van der Waals surface area contributed by atoms with Crippen molar-refractivity contribution in [1.82, 2.24) is 10.2 Å². The van der Waals surface area contributed by atoms with Crippen molar-refractivity contribution in [3.63, 3.8) is 0 Å². The van der Waals surface area contributed by atoms with Gasteiger partial charge in [-0.05, 0) is 50.4 Å². The van der Waals surface area contributed by atoms with E-state index in [1.54, 1.807) is 12.1 Å². The van der Waals surface area contributed by atoms with Gasteiger partial charge in [0.15, 0.2) is 14.8 Å². The summed E-state index contributed by atoms with van der Waals surface area (Å²) in [7, 11) is -3.73. The molecule has 3 rings (SSSR count). The molecule has 0 saturated carbocycles. The van der Waals surface area contributed by atoms with Gasteiger partial charge in [0.25, 0.3) is 5.91 Å². The van der Waals surface area contributed by atoms with Gasteiger partial charge in [-0.25, -0.2) is 4.90 Å². The van der Waals surface area contributed by atoms with E-state index < -0.39 is 54.7 Å². The zero-order valence-electron chi connectivity index (χ0n) is 33.3. The van der Waals surface area contributed by atoms with Gasteiger partial charge in [0.2, 0.25) is 11.8 Å². The first-order valence-electron chi connectivity index (χ1n) is 17.8. The van der Waals surface area contributed by atoms with Gasteiger partial charge < -0.3 is 19.1 Å². The minimum Gasteiger partial charge on any atom is -0.668 e. The summed E-state index contributed by atoms with van der Waals surface area (Å²) in [6.07, 6.45) is 4.65. The van der Waals surface area contributed by atoms with E-state index in [9.17, 15) is 14.4 Å². The third-order valence-corrected chi connectivity index (χ3v) is 15.5. The van der Waals surface area contributed by atoms with Crippen molar-refractivity contribution < 1.29 is 53.1 Å². The summed E-state index contributed by atoms with van der Waals surface area (Å²) in [5, 5.41) is 3.01. The van der Waals surface area contributed by atoms with Crippen LogP contribution in [0.3, 0.4) is 0 Å². The minimum atomic E-state index is -1.51. The van der Waals surface area contributed by atoms with Crippen molar-refractivity contribution in [3.05, 3.63) is 34.5 Å². The van der Waals surface area contributed by atoms with Gasteiger partial charge in [0.1, 0.15) is 5.75 Å². The molecule has 1 aromatic carbocycles. The minimum absolute atomic E-state index is 0. The van der Waals surface area contributed by atoms with Crippen LogP contribution in [-0.4, -0.2) is 65.5 Å². The van der Waals surface area contributed by atoms with Crippen LogP contribution in [0.2, 0.25) is 52.4 Å². The topological polar surface area (TPSA) is 99.0 Å². The zero-order valence-corrected chi connectivity index (χ0v) is 38.5. The molecule has 3 amide bonds. The third-order valence-electron chi connectivity index (χ3n) is 9.20. The second kappa shape index (κ2) is 17.6. The Kier molecular flexibility index (Phi) is 16.6. The second-order valence-corrected chi connectivity index (χ2v) is 28.9. The van der Waals surface area contributed by atoms with Crippen molar-refractivity contribution in [2.24, 2.45) is 17.3 Å².